The lowest BCUT2D eigenvalue weighted by Crippen LogP contribution is -2.14. The predicted molar refractivity (Wildman–Crippen MR) is 53.4 cm³/mol. The standard InChI is InChI=1S/C7H5BrF3NO3S/c8-5-2-3(12)1-4(7(9,10)11)6(5)16(13,14)15/h1-2H,12H2,(H,13,14,15). The molecule has 0 aliphatic rings. The summed E-state index contributed by atoms with van der Waals surface area (Å²) in [7, 11) is -4.99. The summed E-state index contributed by atoms with van der Waals surface area (Å²) in [5.74, 6) is 0. The van der Waals surface area contributed by atoms with E-state index in [-0.39, 0.29) is 5.69 Å². The topological polar surface area (TPSA) is 80.4 Å². The van der Waals surface area contributed by atoms with Crippen LogP contribution < -0.4 is 5.73 Å². The monoisotopic (exact) mass is 319 g/mol. The summed E-state index contributed by atoms with van der Waals surface area (Å²) in [4.78, 5) is -1.24. The predicted octanol–water partition coefficient (Wildman–Crippen LogP) is 2.30. The molecular formula is C7H5BrF3NO3S. The highest BCUT2D eigenvalue weighted by molar-refractivity contribution is 9.10. The van der Waals surface area contributed by atoms with E-state index in [9.17, 15) is 21.6 Å². The Labute approximate surface area is 97.1 Å². The summed E-state index contributed by atoms with van der Waals surface area (Å²) >= 11 is 2.61. The molecule has 0 unspecified atom stereocenters. The molecule has 0 amide bonds. The number of hydrogen-bond donors (Lipinski definition) is 2. The maximum Gasteiger partial charge on any atom is 0.417 e. The molecule has 0 fully saturated rings. The molecule has 3 N–H and O–H groups in total. The summed E-state index contributed by atoms with van der Waals surface area (Å²) in [5, 5.41) is 0. The molecule has 1 aromatic rings. The quantitative estimate of drug-likeness (QED) is 0.614. The van der Waals surface area contributed by atoms with Gasteiger partial charge in [0.1, 0.15) is 4.90 Å². The third-order valence-corrected chi connectivity index (χ3v) is 3.47. The zero-order valence-corrected chi connectivity index (χ0v) is 9.82. The van der Waals surface area contributed by atoms with Crippen molar-refractivity contribution in [3.05, 3.63) is 22.2 Å². The van der Waals surface area contributed by atoms with Crippen molar-refractivity contribution in [2.75, 3.05) is 5.73 Å². The Hall–Kier alpha value is -0.800. The van der Waals surface area contributed by atoms with Gasteiger partial charge in [0.25, 0.3) is 10.1 Å². The van der Waals surface area contributed by atoms with Crippen molar-refractivity contribution >= 4 is 31.7 Å². The van der Waals surface area contributed by atoms with E-state index in [1.54, 1.807) is 0 Å². The fraction of sp³-hybridized carbons (Fsp3) is 0.143. The van der Waals surface area contributed by atoms with E-state index in [4.69, 9.17) is 10.3 Å². The fourth-order valence-electron chi connectivity index (χ4n) is 1.09. The number of rotatable bonds is 1. The SMILES string of the molecule is Nc1cc(Br)c(S(=O)(=O)O)c(C(F)(F)F)c1. The van der Waals surface area contributed by atoms with Gasteiger partial charge in [0.2, 0.25) is 0 Å². The first-order chi connectivity index (χ1) is 7.03. The molecule has 4 nitrogen and oxygen atoms in total. The van der Waals surface area contributed by atoms with E-state index in [1.165, 1.54) is 0 Å². The van der Waals surface area contributed by atoms with Gasteiger partial charge in [-0.1, -0.05) is 0 Å². The smallest absolute Gasteiger partial charge is 0.399 e. The first kappa shape index (κ1) is 13.3. The zero-order valence-electron chi connectivity index (χ0n) is 7.42. The maximum absolute atomic E-state index is 12.5. The Bertz CT molecular complexity index is 526. The number of nitrogen functional groups attached to an aromatic ring is 1. The molecule has 0 radical (unpaired) electrons. The third-order valence-electron chi connectivity index (χ3n) is 1.63. The van der Waals surface area contributed by atoms with Crippen molar-refractivity contribution in [2.45, 2.75) is 11.1 Å². The normalized spacial score (nSPS) is 12.8. The first-order valence-corrected chi connectivity index (χ1v) is 5.90. The third kappa shape index (κ3) is 2.66. The van der Waals surface area contributed by atoms with E-state index in [0.717, 1.165) is 6.07 Å². The second kappa shape index (κ2) is 3.90. The lowest BCUT2D eigenvalue weighted by molar-refractivity contribution is -0.140. The summed E-state index contributed by atoms with van der Waals surface area (Å²) in [5.41, 5.74) is 3.38. The van der Waals surface area contributed by atoms with Gasteiger partial charge in [-0.3, -0.25) is 4.55 Å². The molecule has 0 saturated heterocycles. The van der Waals surface area contributed by atoms with Crippen LogP contribution in [0.5, 0.6) is 0 Å². The minimum Gasteiger partial charge on any atom is -0.399 e. The number of anilines is 1. The molecule has 0 bridgehead atoms. The van der Waals surface area contributed by atoms with E-state index in [2.05, 4.69) is 15.9 Å². The Kier molecular flexibility index (Phi) is 3.23. The van der Waals surface area contributed by atoms with Crippen molar-refractivity contribution in [1.29, 1.82) is 0 Å². The number of nitrogens with two attached hydrogens (primary N) is 1. The summed E-state index contributed by atoms with van der Waals surface area (Å²) in [6, 6.07) is 1.40. The van der Waals surface area contributed by atoms with Crippen molar-refractivity contribution in [1.82, 2.24) is 0 Å². The van der Waals surface area contributed by atoms with Gasteiger partial charge in [0, 0.05) is 10.2 Å². The molecule has 1 rings (SSSR count). The molecule has 90 valence electrons. The van der Waals surface area contributed by atoms with Crippen molar-refractivity contribution in [2.24, 2.45) is 0 Å². The largest absolute Gasteiger partial charge is 0.417 e. The average Bonchev–Trinajstić information content (AvgIpc) is 1.97. The highest BCUT2D eigenvalue weighted by atomic mass is 79.9. The Balaban J connectivity index is 3.72. The number of hydrogen-bond acceptors (Lipinski definition) is 3. The van der Waals surface area contributed by atoms with Gasteiger partial charge in [0.05, 0.1) is 5.56 Å². The lowest BCUT2D eigenvalue weighted by Gasteiger charge is -2.13. The first-order valence-electron chi connectivity index (χ1n) is 3.67. The van der Waals surface area contributed by atoms with Crippen LogP contribution in [-0.4, -0.2) is 13.0 Å². The van der Waals surface area contributed by atoms with Crippen LogP contribution in [-0.2, 0) is 16.3 Å². The molecule has 0 saturated carbocycles. The zero-order chi connectivity index (χ0) is 12.7. The van der Waals surface area contributed by atoms with Gasteiger partial charge < -0.3 is 5.73 Å². The summed E-state index contributed by atoms with van der Waals surface area (Å²) < 4.78 is 67.4. The van der Waals surface area contributed by atoms with E-state index >= 15 is 0 Å². The Morgan fingerprint density at radius 2 is 1.81 bits per heavy atom. The number of alkyl halides is 3. The van der Waals surface area contributed by atoms with Crippen LogP contribution in [0.25, 0.3) is 0 Å². The molecule has 1 aromatic carbocycles. The number of halogens is 4. The molecule has 0 spiro atoms. The second-order valence-electron chi connectivity index (χ2n) is 2.85. The van der Waals surface area contributed by atoms with Gasteiger partial charge in [-0.2, -0.15) is 21.6 Å². The molecule has 9 heteroatoms. The van der Waals surface area contributed by atoms with Crippen LogP contribution >= 0.6 is 15.9 Å². The number of benzene rings is 1. The van der Waals surface area contributed by atoms with Crippen molar-refractivity contribution in [3.63, 3.8) is 0 Å². The van der Waals surface area contributed by atoms with E-state index in [0.29, 0.717) is 6.07 Å². The highest BCUT2D eigenvalue weighted by Crippen LogP contribution is 2.39. The molecule has 0 aliphatic carbocycles. The van der Waals surface area contributed by atoms with Crippen LogP contribution in [0.4, 0.5) is 18.9 Å². The molecule has 0 aliphatic heterocycles. The lowest BCUT2D eigenvalue weighted by atomic mass is 10.2. The van der Waals surface area contributed by atoms with Gasteiger partial charge in [-0.15, -0.1) is 0 Å². The van der Waals surface area contributed by atoms with Gasteiger partial charge >= 0.3 is 6.18 Å². The molecule has 0 atom stereocenters. The van der Waals surface area contributed by atoms with Gasteiger partial charge in [0.15, 0.2) is 0 Å². The van der Waals surface area contributed by atoms with Crippen LogP contribution in [0, 0.1) is 0 Å². The summed E-state index contributed by atoms with van der Waals surface area (Å²) in [6.45, 7) is 0. The molecule has 0 heterocycles. The minimum atomic E-state index is -4.99. The Morgan fingerprint density at radius 1 is 1.31 bits per heavy atom. The molecular weight excluding hydrogens is 315 g/mol. The molecule has 16 heavy (non-hydrogen) atoms. The van der Waals surface area contributed by atoms with Crippen LogP contribution in [0.1, 0.15) is 5.56 Å². The maximum atomic E-state index is 12.5. The van der Waals surface area contributed by atoms with E-state index in [1.807, 2.05) is 0 Å². The van der Waals surface area contributed by atoms with Crippen LogP contribution in [0.15, 0.2) is 21.5 Å². The van der Waals surface area contributed by atoms with Crippen LogP contribution in [0.3, 0.4) is 0 Å². The van der Waals surface area contributed by atoms with Gasteiger partial charge in [-0.25, -0.2) is 0 Å². The minimum absolute atomic E-state index is 0.272. The second-order valence-corrected chi connectivity index (χ2v) is 5.06. The fourth-order valence-corrected chi connectivity index (χ4v) is 2.94. The Morgan fingerprint density at radius 3 is 2.19 bits per heavy atom. The van der Waals surface area contributed by atoms with E-state index < -0.39 is 31.2 Å². The van der Waals surface area contributed by atoms with Crippen molar-refractivity contribution < 1.29 is 26.1 Å². The molecule has 0 aromatic heterocycles. The highest BCUT2D eigenvalue weighted by Gasteiger charge is 2.38. The average molecular weight is 320 g/mol. The van der Waals surface area contributed by atoms with Crippen LogP contribution in [0.2, 0.25) is 0 Å². The van der Waals surface area contributed by atoms with Gasteiger partial charge in [-0.05, 0) is 28.1 Å². The van der Waals surface area contributed by atoms with Crippen molar-refractivity contribution in [3.8, 4) is 0 Å². The summed E-state index contributed by atoms with van der Waals surface area (Å²) in [6.07, 6.45) is -4.93.